The van der Waals surface area contributed by atoms with Gasteiger partial charge in [0.25, 0.3) is 0 Å². The van der Waals surface area contributed by atoms with Gasteiger partial charge in [0, 0.05) is 0 Å². The van der Waals surface area contributed by atoms with E-state index in [4.69, 9.17) is 17.0 Å². The van der Waals surface area contributed by atoms with Crippen molar-refractivity contribution in [3.05, 3.63) is 89.2 Å². The lowest BCUT2D eigenvalue weighted by atomic mass is 10.0. The lowest BCUT2D eigenvalue weighted by molar-refractivity contribution is 0.416. The Hall–Kier alpha value is -3.38. The van der Waals surface area contributed by atoms with Crippen molar-refractivity contribution in [2.75, 3.05) is 12.5 Å². The molecular formula is C22H20N4OS. The molecule has 0 bridgehead atoms. The number of aromatic nitrogens is 3. The lowest BCUT2D eigenvalue weighted by Crippen LogP contribution is -2.16. The largest absolute Gasteiger partial charge is 0.496 e. The Morgan fingerprint density at radius 2 is 1.61 bits per heavy atom. The van der Waals surface area contributed by atoms with Crippen LogP contribution in [0.5, 0.6) is 5.75 Å². The number of nitrogens with zero attached hydrogens (tertiary/aromatic N) is 2. The molecule has 1 heterocycles. The van der Waals surface area contributed by atoms with Crippen LogP contribution in [0.25, 0.3) is 22.5 Å². The first-order chi connectivity index (χ1) is 13.8. The van der Waals surface area contributed by atoms with Gasteiger partial charge in [-0.15, -0.1) is 0 Å². The summed E-state index contributed by atoms with van der Waals surface area (Å²) in [5.41, 5.74) is 7.76. The quantitative estimate of drug-likeness (QED) is 0.455. The van der Waals surface area contributed by atoms with Crippen LogP contribution in [0.15, 0.2) is 78.9 Å². The maximum atomic E-state index is 5.45. The summed E-state index contributed by atoms with van der Waals surface area (Å²) < 4.78 is 7.73. The summed E-state index contributed by atoms with van der Waals surface area (Å²) in [6.07, 6.45) is 0. The van der Waals surface area contributed by atoms with Gasteiger partial charge in [-0.05, 0) is 41.0 Å². The zero-order chi connectivity index (χ0) is 19.3. The van der Waals surface area contributed by atoms with E-state index in [0.717, 1.165) is 16.9 Å². The van der Waals surface area contributed by atoms with Crippen LogP contribution < -0.4 is 10.2 Å². The molecule has 0 saturated heterocycles. The normalized spacial score (nSPS) is 10.6. The zero-order valence-electron chi connectivity index (χ0n) is 15.4. The molecule has 0 aliphatic carbocycles. The highest BCUT2D eigenvalue weighted by molar-refractivity contribution is 7.71. The molecular weight excluding hydrogens is 368 g/mol. The summed E-state index contributed by atoms with van der Waals surface area (Å²) in [5.74, 6) is 1.43. The number of benzene rings is 3. The van der Waals surface area contributed by atoms with Gasteiger partial charge in [0.2, 0.25) is 4.77 Å². The second-order valence-corrected chi connectivity index (χ2v) is 6.67. The number of methoxy groups -OCH3 is 1. The van der Waals surface area contributed by atoms with E-state index in [1.165, 1.54) is 11.1 Å². The molecule has 140 valence electrons. The topological polar surface area (TPSA) is 54.9 Å². The molecule has 0 radical (unpaired) electrons. The highest BCUT2D eigenvalue weighted by Crippen LogP contribution is 2.27. The van der Waals surface area contributed by atoms with E-state index in [2.05, 4.69) is 52.0 Å². The number of H-pyrrole nitrogens is 1. The fourth-order valence-electron chi connectivity index (χ4n) is 3.07. The number of ether oxygens (including phenoxy) is 1. The van der Waals surface area contributed by atoms with Crippen molar-refractivity contribution in [1.29, 1.82) is 0 Å². The maximum Gasteiger partial charge on any atom is 0.214 e. The molecule has 2 N–H and O–H groups in total. The van der Waals surface area contributed by atoms with Crippen LogP contribution in [0.3, 0.4) is 0 Å². The zero-order valence-corrected chi connectivity index (χ0v) is 16.2. The van der Waals surface area contributed by atoms with Gasteiger partial charge in [-0.3, -0.25) is 0 Å². The van der Waals surface area contributed by atoms with E-state index in [1.54, 1.807) is 11.8 Å². The van der Waals surface area contributed by atoms with Gasteiger partial charge in [-0.25, -0.2) is 9.77 Å². The molecule has 0 fully saturated rings. The monoisotopic (exact) mass is 388 g/mol. The second kappa shape index (κ2) is 8.10. The van der Waals surface area contributed by atoms with Gasteiger partial charge in [-0.2, -0.15) is 5.10 Å². The van der Waals surface area contributed by atoms with Crippen molar-refractivity contribution in [3.63, 3.8) is 0 Å². The minimum Gasteiger partial charge on any atom is -0.496 e. The van der Waals surface area contributed by atoms with Crippen LogP contribution in [0.1, 0.15) is 5.56 Å². The summed E-state index contributed by atoms with van der Waals surface area (Å²) in [6, 6.07) is 26.5. The second-order valence-electron chi connectivity index (χ2n) is 6.29. The van der Waals surface area contributed by atoms with E-state index >= 15 is 0 Å². The fourth-order valence-corrected chi connectivity index (χ4v) is 3.27. The minimum atomic E-state index is 0.502. The Kier molecular flexibility index (Phi) is 5.21. The maximum absolute atomic E-state index is 5.45. The van der Waals surface area contributed by atoms with Gasteiger partial charge < -0.3 is 10.2 Å². The fraction of sp³-hybridized carbons (Fsp3) is 0.0909. The Morgan fingerprint density at radius 3 is 2.36 bits per heavy atom. The van der Waals surface area contributed by atoms with Crippen LogP contribution >= 0.6 is 12.2 Å². The molecule has 5 nitrogen and oxygen atoms in total. The summed E-state index contributed by atoms with van der Waals surface area (Å²) >= 11 is 5.39. The molecule has 0 spiro atoms. The Morgan fingerprint density at radius 1 is 0.929 bits per heavy atom. The van der Waals surface area contributed by atoms with E-state index in [-0.39, 0.29) is 0 Å². The highest BCUT2D eigenvalue weighted by atomic mass is 32.1. The number of hydrogen-bond donors (Lipinski definition) is 2. The average Bonchev–Trinajstić information content (AvgIpc) is 3.13. The molecule has 0 aliphatic rings. The standard InChI is InChI=1S/C22H20N4OS/c1-27-20-10-6-5-9-19(20)21-24-25-22(28)26(21)23-15-16-11-13-18(14-12-16)17-7-3-2-4-8-17/h2-14,23H,15H2,1H3,(H,25,28). The van der Waals surface area contributed by atoms with E-state index in [0.29, 0.717) is 17.1 Å². The molecule has 1 aromatic heterocycles. The van der Waals surface area contributed by atoms with Gasteiger partial charge in [-0.1, -0.05) is 66.7 Å². The van der Waals surface area contributed by atoms with Gasteiger partial charge in [0.05, 0.1) is 19.2 Å². The van der Waals surface area contributed by atoms with E-state index in [9.17, 15) is 0 Å². The molecule has 6 heteroatoms. The van der Waals surface area contributed by atoms with Gasteiger partial charge >= 0.3 is 0 Å². The van der Waals surface area contributed by atoms with Crippen LogP contribution in [-0.2, 0) is 6.54 Å². The first kappa shape index (κ1) is 18.0. The van der Waals surface area contributed by atoms with Gasteiger partial charge in [0.15, 0.2) is 5.82 Å². The van der Waals surface area contributed by atoms with E-state index < -0.39 is 0 Å². The first-order valence-corrected chi connectivity index (χ1v) is 9.36. The number of rotatable bonds is 6. The molecule has 3 aromatic carbocycles. The van der Waals surface area contributed by atoms with Crippen molar-refractivity contribution < 1.29 is 4.74 Å². The van der Waals surface area contributed by atoms with Crippen LogP contribution in [0.4, 0.5) is 0 Å². The number of hydrogen-bond acceptors (Lipinski definition) is 4. The van der Waals surface area contributed by atoms with Gasteiger partial charge in [0.1, 0.15) is 5.75 Å². The van der Waals surface area contributed by atoms with Crippen LogP contribution in [0.2, 0.25) is 0 Å². The molecule has 0 aliphatic heterocycles. The predicted octanol–water partition coefficient (Wildman–Crippen LogP) is 5.03. The van der Waals surface area contributed by atoms with Crippen molar-refractivity contribution in [2.45, 2.75) is 6.54 Å². The Labute approximate surface area is 168 Å². The molecule has 0 amide bonds. The summed E-state index contributed by atoms with van der Waals surface area (Å²) in [7, 11) is 1.64. The van der Waals surface area contributed by atoms with Crippen molar-refractivity contribution in [1.82, 2.24) is 14.9 Å². The third kappa shape index (κ3) is 3.68. The number of nitrogens with one attached hydrogen (secondary N) is 2. The molecule has 4 rings (SSSR count). The Bertz CT molecular complexity index is 1120. The Balaban J connectivity index is 1.55. The average molecular weight is 388 g/mol. The molecule has 0 unspecified atom stereocenters. The summed E-state index contributed by atoms with van der Waals surface area (Å²) in [5, 5.41) is 7.22. The highest BCUT2D eigenvalue weighted by Gasteiger charge is 2.13. The minimum absolute atomic E-state index is 0.502. The van der Waals surface area contributed by atoms with Crippen molar-refractivity contribution >= 4 is 12.2 Å². The molecule has 0 atom stereocenters. The van der Waals surface area contributed by atoms with Crippen molar-refractivity contribution in [2.24, 2.45) is 0 Å². The SMILES string of the molecule is COc1ccccc1-c1n[nH]c(=S)n1NCc1ccc(-c2ccccc2)cc1. The molecule has 4 aromatic rings. The first-order valence-electron chi connectivity index (χ1n) is 8.95. The predicted molar refractivity (Wildman–Crippen MR) is 114 cm³/mol. The molecule has 0 saturated carbocycles. The molecule has 28 heavy (non-hydrogen) atoms. The van der Waals surface area contributed by atoms with Crippen LogP contribution in [-0.4, -0.2) is 22.0 Å². The summed E-state index contributed by atoms with van der Waals surface area (Å²) in [4.78, 5) is 0. The lowest BCUT2D eigenvalue weighted by Gasteiger charge is -2.12. The van der Waals surface area contributed by atoms with E-state index in [1.807, 2.05) is 42.5 Å². The third-order valence-electron chi connectivity index (χ3n) is 4.52. The summed E-state index contributed by atoms with van der Waals surface area (Å²) in [6.45, 7) is 0.616. The van der Waals surface area contributed by atoms with Crippen LogP contribution in [0, 0.1) is 4.77 Å². The third-order valence-corrected chi connectivity index (χ3v) is 4.80. The number of aromatic amines is 1. The smallest absolute Gasteiger partial charge is 0.214 e. The van der Waals surface area contributed by atoms with Crippen molar-refractivity contribution in [3.8, 4) is 28.3 Å². The number of para-hydroxylation sites is 1.